The van der Waals surface area contributed by atoms with Gasteiger partial charge < -0.3 is 15.2 Å². The monoisotopic (exact) mass is 245 g/mol. The van der Waals surface area contributed by atoms with Crippen LogP contribution in [0, 0.1) is 0 Å². The van der Waals surface area contributed by atoms with Crippen LogP contribution in [0.2, 0.25) is 0 Å². The number of nitrogens with two attached hydrogens (primary N) is 1. The highest BCUT2D eigenvalue weighted by molar-refractivity contribution is 5.79. The smallest absolute Gasteiger partial charge is 0.325 e. The van der Waals surface area contributed by atoms with Crippen LogP contribution in [0.3, 0.4) is 0 Å². The van der Waals surface area contributed by atoms with Crippen molar-refractivity contribution in [3.05, 3.63) is 0 Å². The lowest BCUT2D eigenvalue weighted by molar-refractivity contribution is -0.149. The molecule has 17 heavy (non-hydrogen) atoms. The summed E-state index contributed by atoms with van der Waals surface area (Å²) in [4.78, 5) is 11.5. The summed E-state index contributed by atoms with van der Waals surface area (Å²) in [6.07, 6.45) is 4.90. The maximum Gasteiger partial charge on any atom is 0.325 e. The lowest BCUT2D eigenvalue weighted by Gasteiger charge is -2.21. The number of rotatable bonds is 10. The molecule has 0 aromatic carbocycles. The topological polar surface area (TPSA) is 61.5 Å². The van der Waals surface area contributed by atoms with E-state index in [-0.39, 0.29) is 5.97 Å². The molecular formula is C13H27NO3. The average molecular weight is 245 g/mol. The van der Waals surface area contributed by atoms with Crippen molar-refractivity contribution in [3.8, 4) is 0 Å². The molecule has 0 fully saturated rings. The molecule has 0 bridgehead atoms. The van der Waals surface area contributed by atoms with Gasteiger partial charge in [-0.05, 0) is 33.1 Å². The number of ether oxygens (including phenoxy) is 2. The number of hydrogen-bond donors (Lipinski definition) is 1. The molecule has 0 spiro atoms. The van der Waals surface area contributed by atoms with E-state index in [0.717, 1.165) is 19.4 Å². The molecule has 0 amide bonds. The summed E-state index contributed by atoms with van der Waals surface area (Å²) in [6, 6.07) is 0. The van der Waals surface area contributed by atoms with E-state index < -0.39 is 5.54 Å². The third-order valence-corrected chi connectivity index (χ3v) is 2.62. The van der Waals surface area contributed by atoms with Crippen molar-refractivity contribution in [1.29, 1.82) is 0 Å². The van der Waals surface area contributed by atoms with Gasteiger partial charge in [-0.3, -0.25) is 4.79 Å². The first kappa shape index (κ1) is 16.4. The molecule has 0 aromatic heterocycles. The normalized spacial score (nSPS) is 14.4. The van der Waals surface area contributed by atoms with Crippen molar-refractivity contribution < 1.29 is 14.3 Å². The summed E-state index contributed by atoms with van der Waals surface area (Å²) in [5.41, 5.74) is 4.99. The van der Waals surface area contributed by atoms with Gasteiger partial charge in [0, 0.05) is 13.2 Å². The minimum atomic E-state index is -0.886. The minimum Gasteiger partial charge on any atom is -0.465 e. The van der Waals surface area contributed by atoms with Crippen molar-refractivity contribution >= 4 is 5.97 Å². The van der Waals surface area contributed by atoms with Crippen LogP contribution in [-0.4, -0.2) is 31.3 Å². The minimum absolute atomic E-state index is 0.328. The maximum absolute atomic E-state index is 11.5. The molecule has 0 radical (unpaired) electrons. The van der Waals surface area contributed by atoms with E-state index >= 15 is 0 Å². The van der Waals surface area contributed by atoms with E-state index in [0.29, 0.717) is 19.6 Å². The van der Waals surface area contributed by atoms with Gasteiger partial charge in [-0.25, -0.2) is 0 Å². The third-order valence-electron chi connectivity index (χ3n) is 2.62. The van der Waals surface area contributed by atoms with Crippen molar-refractivity contribution in [2.24, 2.45) is 5.73 Å². The van der Waals surface area contributed by atoms with E-state index in [9.17, 15) is 4.79 Å². The molecule has 4 heteroatoms. The van der Waals surface area contributed by atoms with Gasteiger partial charge in [0.2, 0.25) is 0 Å². The van der Waals surface area contributed by atoms with Crippen molar-refractivity contribution in [2.75, 3.05) is 19.8 Å². The molecule has 0 saturated carbocycles. The fourth-order valence-corrected chi connectivity index (χ4v) is 1.50. The molecular weight excluding hydrogens is 218 g/mol. The van der Waals surface area contributed by atoms with E-state index in [1.54, 1.807) is 13.8 Å². The predicted molar refractivity (Wildman–Crippen MR) is 68.8 cm³/mol. The van der Waals surface area contributed by atoms with Crippen LogP contribution in [-0.2, 0) is 14.3 Å². The zero-order chi connectivity index (χ0) is 13.1. The Balaban J connectivity index is 3.55. The number of carbonyl (C=O) groups is 1. The third kappa shape index (κ3) is 8.16. The van der Waals surface area contributed by atoms with Crippen LogP contribution < -0.4 is 5.73 Å². The molecule has 2 N–H and O–H groups in total. The molecule has 0 aliphatic rings. The second-order valence-corrected chi connectivity index (χ2v) is 4.56. The van der Waals surface area contributed by atoms with Crippen molar-refractivity contribution in [3.63, 3.8) is 0 Å². The zero-order valence-electron chi connectivity index (χ0n) is 11.5. The number of esters is 1. The van der Waals surface area contributed by atoms with Crippen LogP contribution in [0.15, 0.2) is 0 Å². The molecule has 1 atom stereocenters. The Morgan fingerprint density at radius 1 is 1.18 bits per heavy atom. The first-order valence-corrected chi connectivity index (χ1v) is 6.58. The van der Waals surface area contributed by atoms with Crippen LogP contribution >= 0.6 is 0 Å². The fourth-order valence-electron chi connectivity index (χ4n) is 1.50. The Morgan fingerprint density at radius 2 is 1.82 bits per heavy atom. The van der Waals surface area contributed by atoms with Crippen LogP contribution in [0.25, 0.3) is 0 Å². The van der Waals surface area contributed by atoms with Crippen LogP contribution in [0.4, 0.5) is 0 Å². The Kier molecular flexibility index (Phi) is 9.09. The summed E-state index contributed by atoms with van der Waals surface area (Å²) in [5, 5.41) is 0. The van der Waals surface area contributed by atoms with Gasteiger partial charge in [0.15, 0.2) is 0 Å². The van der Waals surface area contributed by atoms with E-state index in [1.807, 2.05) is 0 Å². The van der Waals surface area contributed by atoms with E-state index in [2.05, 4.69) is 6.92 Å². The highest BCUT2D eigenvalue weighted by atomic mass is 16.5. The zero-order valence-corrected chi connectivity index (χ0v) is 11.5. The van der Waals surface area contributed by atoms with E-state index in [1.165, 1.54) is 12.8 Å². The molecule has 0 aliphatic carbocycles. The Bertz CT molecular complexity index is 205. The Morgan fingerprint density at radius 3 is 2.41 bits per heavy atom. The predicted octanol–water partition coefficient (Wildman–Crippen LogP) is 2.25. The van der Waals surface area contributed by atoms with Gasteiger partial charge >= 0.3 is 5.97 Å². The number of unbranched alkanes of at least 4 members (excludes halogenated alkanes) is 2. The van der Waals surface area contributed by atoms with Gasteiger partial charge in [0.25, 0.3) is 0 Å². The summed E-state index contributed by atoms with van der Waals surface area (Å²) in [5.74, 6) is -0.328. The molecule has 0 rings (SSSR count). The molecule has 0 aromatic rings. The average Bonchev–Trinajstić information content (AvgIpc) is 2.28. The van der Waals surface area contributed by atoms with Gasteiger partial charge in [0.05, 0.1) is 6.61 Å². The molecule has 102 valence electrons. The summed E-state index contributed by atoms with van der Waals surface area (Å²) in [6.45, 7) is 7.50. The number of hydrogen-bond acceptors (Lipinski definition) is 4. The maximum atomic E-state index is 11.5. The molecule has 0 heterocycles. The summed E-state index contributed by atoms with van der Waals surface area (Å²) >= 11 is 0. The largest absolute Gasteiger partial charge is 0.465 e. The van der Waals surface area contributed by atoms with E-state index in [4.69, 9.17) is 15.2 Å². The quantitative estimate of drug-likeness (QED) is 0.473. The first-order chi connectivity index (χ1) is 8.04. The van der Waals surface area contributed by atoms with Gasteiger partial charge in [-0.1, -0.05) is 19.8 Å². The van der Waals surface area contributed by atoms with Gasteiger partial charge in [-0.15, -0.1) is 0 Å². The van der Waals surface area contributed by atoms with Crippen molar-refractivity contribution in [1.82, 2.24) is 0 Å². The Labute approximate surface area is 105 Å². The SMILES string of the molecule is CCCCCOCCCC(C)(N)C(=O)OCC. The standard InChI is InChI=1S/C13H27NO3/c1-4-6-7-10-16-11-8-9-13(3,14)12(15)17-5-2/h4-11,14H2,1-3H3. The fraction of sp³-hybridized carbons (Fsp3) is 0.923. The van der Waals surface area contributed by atoms with Crippen LogP contribution in [0.5, 0.6) is 0 Å². The molecule has 1 unspecified atom stereocenters. The van der Waals surface area contributed by atoms with Crippen molar-refractivity contribution in [2.45, 2.75) is 58.4 Å². The van der Waals surface area contributed by atoms with Gasteiger partial charge in [-0.2, -0.15) is 0 Å². The summed E-state index contributed by atoms with van der Waals surface area (Å²) < 4.78 is 10.4. The Hall–Kier alpha value is -0.610. The lowest BCUT2D eigenvalue weighted by Crippen LogP contribution is -2.46. The second kappa shape index (κ2) is 9.42. The molecule has 0 saturated heterocycles. The first-order valence-electron chi connectivity index (χ1n) is 6.58. The van der Waals surface area contributed by atoms with Gasteiger partial charge in [0.1, 0.15) is 5.54 Å². The molecule has 4 nitrogen and oxygen atoms in total. The second-order valence-electron chi connectivity index (χ2n) is 4.56. The van der Waals surface area contributed by atoms with Crippen LogP contribution in [0.1, 0.15) is 52.9 Å². The summed E-state index contributed by atoms with van der Waals surface area (Å²) in [7, 11) is 0. The number of carbonyl (C=O) groups excluding carboxylic acids is 1. The highest BCUT2D eigenvalue weighted by Crippen LogP contribution is 2.11. The highest BCUT2D eigenvalue weighted by Gasteiger charge is 2.28. The molecule has 0 aliphatic heterocycles. The lowest BCUT2D eigenvalue weighted by atomic mass is 9.98.